The van der Waals surface area contributed by atoms with E-state index in [1.54, 1.807) is 6.07 Å². The standard InChI is InChI=1S/C10H10BrNO2/c11-7-3-1-4-8(9(7)10(13)14)12-5-2-6-12/h1,3-4H,2,5-6H2,(H,13,14). The fourth-order valence-electron chi connectivity index (χ4n) is 1.55. The quantitative estimate of drug-likeness (QED) is 0.882. The Kier molecular flexibility index (Phi) is 2.46. The zero-order valence-electron chi connectivity index (χ0n) is 7.53. The fourth-order valence-corrected chi connectivity index (χ4v) is 2.07. The number of carboxylic acid groups (broad SMARTS) is 1. The van der Waals surface area contributed by atoms with E-state index in [2.05, 4.69) is 20.8 Å². The van der Waals surface area contributed by atoms with Crippen LogP contribution in [0.1, 0.15) is 16.8 Å². The third kappa shape index (κ3) is 1.50. The molecule has 0 bridgehead atoms. The first-order valence-electron chi connectivity index (χ1n) is 4.47. The minimum Gasteiger partial charge on any atom is -0.478 e. The first-order valence-corrected chi connectivity index (χ1v) is 5.26. The molecule has 2 rings (SSSR count). The van der Waals surface area contributed by atoms with Crippen LogP contribution in [0, 0.1) is 0 Å². The van der Waals surface area contributed by atoms with Crippen molar-refractivity contribution in [1.29, 1.82) is 0 Å². The molecule has 1 N–H and O–H groups in total. The molecule has 0 amide bonds. The highest BCUT2D eigenvalue weighted by atomic mass is 79.9. The van der Waals surface area contributed by atoms with E-state index >= 15 is 0 Å². The maximum Gasteiger partial charge on any atom is 0.338 e. The monoisotopic (exact) mass is 255 g/mol. The lowest BCUT2D eigenvalue weighted by atomic mass is 10.1. The largest absolute Gasteiger partial charge is 0.478 e. The van der Waals surface area contributed by atoms with Crippen LogP contribution in [0.3, 0.4) is 0 Å². The normalized spacial score (nSPS) is 15.1. The van der Waals surface area contributed by atoms with Gasteiger partial charge in [-0.15, -0.1) is 0 Å². The number of hydrogen-bond acceptors (Lipinski definition) is 2. The van der Waals surface area contributed by atoms with E-state index in [1.165, 1.54) is 0 Å². The van der Waals surface area contributed by atoms with Crippen molar-refractivity contribution in [3.63, 3.8) is 0 Å². The molecule has 0 aliphatic carbocycles. The highest BCUT2D eigenvalue weighted by Crippen LogP contribution is 2.30. The van der Waals surface area contributed by atoms with Gasteiger partial charge in [0.05, 0.1) is 11.3 Å². The number of benzene rings is 1. The third-order valence-electron chi connectivity index (χ3n) is 2.40. The molecule has 1 saturated heterocycles. The van der Waals surface area contributed by atoms with Gasteiger partial charge >= 0.3 is 5.97 Å². The zero-order chi connectivity index (χ0) is 10.1. The van der Waals surface area contributed by atoms with E-state index in [4.69, 9.17) is 5.11 Å². The molecule has 1 fully saturated rings. The van der Waals surface area contributed by atoms with Crippen molar-refractivity contribution in [2.75, 3.05) is 18.0 Å². The van der Waals surface area contributed by atoms with Crippen LogP contribution >= 0.6 is 15.9 Å². The van der Waals surface area contributed by atoms with Crippen molar-refractivity contribution in [3.05, 3.63) is 28.2 Å². The van der Waals surface area contributed by atoms with Crippen molar-refractivity contribution < 1.29 is 9.90 Å². The Labute approximate surface area is 90.5 Å². The summed E-state index contributed by atoms with van der Waals surface area (Å²) in [6.45, 7) is 1.91. The minimum atomic E-state index is -0.876. The van der Waals surface area contributed by atoms with E-state index in [0.717, 1.165) is 25.2 Å². The van der Waals surface area contributed by atoms with Crippen LogP contribution in [0.4, 0.5) is 5.69 Å². The Morgan fingerprint density at radius 3 is 2.64 bits per heavy atom. The maximum absolute atomic E-state index is 11.0. The average Bonchev–Trinajstić information content (AvgIpc) is 1.99. The molecule has 1 aliphatic rings. The summed E-state index contributed by atoms with van der Waals surface area (Å²) in [6, 6.07) is 5.48. The first-order chi connectivity index (χ1) is 6.70. The second kappa shape index (κ2) is 3.61. The summed E-state index contributed by atoms with van der Waals surface area (Å²) in [4.78, 5) is 13.1. The molecule has 4 heteroatoms. The Hall–Kier alpha value is -1.03. The van der Waals surface area contributed by atoms with Gasteiger partial charge in [-0.2, -0.15) is 0 Å². The van der Waals surface area contributed by atoms with Crippen LogP contribution < -0.4 is 4.90 Å². The zero-order valence-corrected chi connectivity index (χ0v) is 9.12. The molecule has 74 valence electrons. The van der Waals surface area contributed by atoms with Crippen molar-refractivity contribution >= 4 is 27.6 Å². The van der Waals surface area contributed by atoms with Gasteiger partial charge in [0.25, 0.3) is 0 Å². The van der Waals surface area contributed by atoms with Crippen LogP contribution in [-0.2, 0) is 0 Å². The van der Waals surface area contributed by atoms with Gasteiger partial charge in [-0.25, -0.2) is 4.79 Å². The second-order valence-electron chi connectivity index (χ2n) is 3.28. The van der Waals surface area contributed by atoms with Gasteiger partial charge in [0.2, 0.25) is 0 Å². The van der Waals surface area contributed by atoms with Gasteiger partial charge in [0, 0.05) is 17.6 Å². The van der Waals surface area contributed by atoms with Gasteiger partial charge in [0.1, 0.15) is 0 Å². The Morgan fingerprint density at radius 1 is 1.43 bits per heavy atom. The Bertz CT molecular complexity index is 374. The third-order valence-corrected chi connectivity index (χ3v) is 3.06. The molecule has 0 unspecified atom stereocenters. The fraction of sp³-hybridized carbons (Fsp3) is 0.300. The molecule has 0 radical (unpaired) electrons. The Morgan fingerprint density at radius 2 is 2.14 bits per heavy atom. The highest BCUT2D eigenvalue weighted by Gasteiger charge is 2.22. The number of anilines is 1. The van der Waals surface area contributed by atoms with E-state index in [1.807, 2.05) is 12.1 Å². The summed E-state index contributed by atoms with van der Waals surface area (Å²) in [5, 5.41) is 9.06. The lowest BCUT2D eigenvalue weighted by molar-refractivity contribution is 0.0696. The number of halogens is 1. The molecule has 0 atom stereocenters. The smallest absolute Gasteiger partial charge is 0.338 e. The summed E-state index contributed by atoms with van der Waals surface area (Å²) in [7, 11) is 0. The van der Waals surface area contributed by atoms with E-state index in [0.29, 0.717) is 10.0 Å². The number of aromatic carboxylic acids is 1. The molecule has 0 saturated carbocycles. The van der Waals surface area contributed by atoms with Crippen LogP contribution in [0.15, 0.2) is 22.7 Å². The summed E-state index contributed by atoms with van der Waals surface area (Å²) < 4.78 is 0.648. The predicted octanol–water partition coefficient (Wildman–Crippen LogP) is 2.36. The van der Waals surface area contributed by atoms with E-state index in [-0.39, 0.29) is 0 Å². The molecular formula is C10H10BrNO2. The van der Waals surface area contributed by atoms with Gasteiger partial charge in [-0.3, -0.25) is 0 Å². The van der Waals surface area contributed by atoms with E-state index in [9.17, 15) is 4.79 Å². The lowest BCUT2D eigenvalue weighted by Gasteiger charge is -2.34. The maximum atomic E-state index is 11.0. The number of carboxylic acids is 1. The number of hydrogen-bond donors (Lipinski definition) is 1. The number of rotatable bonds is 2. The molecule has 1 heterocycles. The molecule has 0 spiro atoms. The number of nitrogens with zero attached hydrogens (tertiary/aromatic N) is 1. The lowest BCUT2D eigenvalue weighted by Crippen LogP contribution is -2.38. The minimum absolute atomic E-state index is 0.368. The van der Waals surface area contributed by atoms with Gasteiger partial charge in [0.15, 0.2) is 0 Å². The van der Waals surface area contributed by atoms with Crippen LogP contribution in [-0.4, -0.2) is 24.2 Å². The first kappa shape index (κ1) is 9.52. The van der Waals surface area contributed by atoms with Crippen LogP contribution in [0.25, 0.3) is 0 Å². The average molecular weight is 256 g/mol. The van der Waals surface area contributed by atoms with Crippen molar-refractivity contribution in [2.24, 2.45) is 0 Å². The van der Waals surface area contributed by atoms with Crippen LogP contribution in [0.2, 0.25) is 0 Å². The van der Waals surface area contributed by atoms with Crippen molar-refractivity contribution in [3.8, 4) is 0 Å². The molecule has 1 aromatic rings. The van der Waals surface area contributed by atoms with Gasteiger partial charge < -0.3 is 10.0 Å². The second-order valence-corrected chi connectivity index (χ2v) is 4.13. The topological polar surface area (TPSA) is 40.5 Å². The molecule has 3 nitrogen and oxygen atoms in total. The summed E-state index contributed by atoms with van der Waals surface area (Å²) in [5.41, 5.74) is 1.19. The summed E-state index contributed by atoms with van der Waals surface area (Å²) in [5.74, 6) is -0.876. The summed E-state index contributed by atoms with van der Waals surface area (Å²) in [6.07, 6.45) is 1.14. The van der Waals surface area contributed by atoms with Gasteiger partial charge in [-0.1, -0.05) is 6.07 Å². The molecule has 1 aromatic carbocycles. The van der Waals surface area contributed by atoms with Crippen molar-refractivity contribution in [2.45, 2.75) is 6.42 Å². The van der Waals surface area contributed by atoms with E-state index < -0.39 is 5.97 Å². The number of carbonyl (C=O) groups is 1. The molecular weight excluding hydrogens is 246 g/mol. The highest BCUT2D eigenvalue weighted by molar-refractivity contribution is 9.10. The van der Waals surface area contributed by atoms with Gasteiger partial charge in [-0.05, 0) is 34.5 Å². The van der Waals surface area contributed by atoms with Crippen molar-refractivity contribution in [1.82, 2.24) is 0 Å². The summed E-state index contributed by atoms with van der Waals surface area (Å²) >= 11 is 3.26. The molecule has 1 aliphatic heterocycles. The molecule has 0 aromatic heterocycles. The SMILES string of the molecule is O=C(O)c1c(Br)cccc1N1CCC1. The predicted molar refractivity (Wildman–Crippen MR) is 57.9 cm³/mol. The molecule has 14 heavy (non-hydrogen) atoms. The Balaban J connectivity index is 2.46. The van der Waals surface area contributed by atoms with Crippen LogP contribution in [0.5, 0.6) is 0 Å².